The summed E-state index contributed by atoms with van der Waals surface area (Å²) in [5.41, 5.74) is 4.15. The second-order valence-corrected chi connectivity index (χ2v) is 9.94. The number of thiazole rings is 1. The molecule has 0 saturated carbocycles. The first-order chi connectivity index (χ1) is 16.9. The van der Waals surface area contributed by atoms with Gasteiger partial charge >= 0.3 is 6.03 Å². The van der Waals surface area contributed by atoms with E-state index in [2.05, 4.69) is 10.5 Å². The Bertz CT molecular complexity index is 1260. The quantitative estimate of drug-likeness (QED) is 0.460. The molecule has 9 heteroatoms. The molecule has 3 aromatic rings. The van der Waals surface area contributed by atoms with Crippen molar-refractivity contribution in [2.24, 2.45) is 5.16 Å². The van der Waals surface area contributed by atoms with Crippen LogP contribution in [0, 0.1) is 25.5 Å². The normalized spacial score (nSPS) is 18.3. The number of hydrogen-bond acceptors (Lipinski definition) is 5. The fraction of sp³-hybridized carbons (Fsp3) is 0.346. The molecule has 1 unspecified atom stereocenters. The predicted octanol–water partition coefficient (Wildman–Crippen LogP) is 6.32. The van der Waals surface area contributed by atoms with Crippen LogP contribution in [0.1, 0.15) is 58.7 Å². The molecular weight excluding hydrogens is 470 g/mol. The van der Waals surface area contributed by atoms with E-state index in [9.17, 15) is 13.6 Å². The monoisotopic (exact) mass is 496 g/mol. The molecule has 182 valence electrons. The number of urea groups is 1. The number of carbonyl (C=O) groups is 1. The van der Waals surface area contributed by atoms with E-state index in [1.807, 2.05) is 42.3 Å². The third kappa shape index (κ3) is 4.91. The maximum atomic E-state index is 14.1. The minimum Gasteiger partial charge on any atom is -0.387 e. The second kappa shape index (κ2) is 9.73. The number of nitrogens with zero attached hydrogens (tertiary/aromatic N) is 3. The van der Waals surface area contributed by atoms with E-state index < -0.39 is 17.7 Å². The third-order valence-electron chi connectivity index (χ3n) is 6.57. The van der Waals surface area contributed by atoms with Crippen molar-refractivity contribution in [2.75, 3.05) is 18.4 Å². The van der Waals surface area contributed by atoms with Gasteiger partial charge in [0.2, 0.25) is 0 Å². The summed E-state index contributed by atoms with van der Waals surface area (Å²) in [4.78, 5) is 24.7. The van der Waals surface area contributed by atoms with E-state index in [1.165, 1.54) is 18.2 Å². The van der Waals surface area contributed by atoms with Crippen LogP contribution in [-0.2, 0) is 4.84 Å². The molecule has 1 aromatic heterocycles. The lowest BCUT2D eigenvalue weighted by atomic mass is 9.97. The SMILES string of the molecule is Cc1ccc(C)c(NC(=O)N2CCC(c3nc(C4=NOC(c5c(F)cccc5F)C4)cs3)CC2)c1. The maximum absolute atomic E-state index is 14.1. The van der Waals surface area contributed by atoms with Gasteiger partial charge < -0.3 is 15.1 Å². The maximum Gasteiger partial charge on any atom is 0.321 e. The first kappa shape index (κ1) is 23.4. The second-order valence-electron chi connectivity index (χ2n) is 9.05. The van der Waals surface area contributed by atoms with Crippen LogP contribution in [0.25, 0.3) is 0 Å². The summed E-state index contributed by atoms with van der Waals surface area (Å²) in [6.45, 7) is 5.28. The van der Waals surface area contributed by atoms with Crippen molar-refractivity contribution < 1.29 is 18.4 Å². The molecule has 0 radical (unpaired) electrons. The highest BCUT2D eigenvalue weighted by atomic mass is 32.1. The van der Waals surface area contributed by atoms with Gasteiger partial charge in [-0.1, -0.05) is 23.4 Å². The van der Waals surface area contributed by atoms with Crippen molar-refractivity contribution in [3.8, 4) is 0 Å². The molecule has 1 saturated heterocycles. The van der Waals surface area contributed by atoms with Crippen LogP contribution in [0.15, 0.2) is 46.9 Å². The Morgan fingerprint density at radius 1 is 1.14 bits per heavy atom. The molecule has 2 aromatic carbocycles. The minimum absolute atomic E-state index is 0.0825. The fourth-order valence-electron chi connectivity index (χ4n) is 4.50. The topological polar surface area (TPSA) is 66.8 Å². The Hall–Kier alpha value is -3.33. The van der Waals surface area contributed by atoms with Crippen LogP contribution in [0.2, 0.25) is 0 Å². The summed E-state index contributed by atoms with van der Waals surface area (Å²) in [5, 5.41) is 9.99. The number of anilines is 1. The highest BCUT2D eigenvalue weighted by molar-refractivity contribution is 7.10. The van der Waals surface area contributed by atoms with Crippen molar-refractivity contribution in [1.82, 2.24) is 9.88 Å². The zero-order chi connectivity index (χ0) is 24.5. The molecule has 6 nitrogen and oxygen atoms in total. The molecule has 1 atom stereocenters. The number of piperidine rings is 1. The Morgan fingerprint density at radius 2 is 1.89 bits per heavy atom. The summed E-state index contributed by atoms with van der Waals surface area (Å²) in [6.07, 6.45) is 1.10. The standard InChI is InChI=1S/C26H26F2N4O2S/c1-15-6-7-16(2)20(12-15)30-26(33)32-10-8-17(9-11-32)25-29-22(14-35-25)21-13-23(34-31-21)24-18(27)4-3-5-19(24)28/h3-7,12,14,17,23H,8-11,13H2,1-2H3,(H,30,33). The first-order valence-corrected chi connectivity index (χ1v) is 12.5. The van der Waals surface area contributed by atoms with Gasteiger partial charge in [-0.3, -0.25) is 0 Å². The van der Waals surface area contributed by atoms with Crippen LogP contribution >= 0.6 is 11.3 Å². The molecule has 2 aliphatic rings. The van der Waals surface area contributed by atoms with Crippen molar-refractivity contribution in [1.29, 1.82) is 0 Å². The van der Waals surface area contributed by atoms with E-state index in [-0.39, 0.29) is 23.9 Å². The van der Waals surface area contributed by atoms with E-state index in [0.29, 0.717) is 24.5 Å². The molecule has 0 spiro atoms. The number of oxime groups is 1. The summed E-state index contributed by atoms with van der Waals surface area (Å²) < 4.78 is 28.2. The molecule has 2 amide bonds. The number of aryl methyl sites for hydroxylation is 2. The number of benzene rings is 2. The molecule has 0 bridgehead atoms. The summed E-state index contributed by atoms with van der Waals surface area (Å²) in [7, 11) is 0. The zero-order valence-corrected chi connectivity index (χ0v) is 20.4. The van der Waals surface area contributed by atoms with Gasteiger partial charge in [0.1, 0.15) is 17.3 Å². The molecule has 0 aliphatic carbocycles. The van der Waals surface area contributed by atoms with E-state index >= 15 is 0 Å². The van der Waals surface area contributed by atoms with Gasteiger partial charge in [-0.25, -0.2) is 18.6 Å². The molecule has 3 heterocycles. The van der Waals surface area contributed by atoms with Crippen LogP contribution < -0.4 is 5.32 Å². The Labute approximate surface area is 206 Å². The third-order valence-corrected chi connectivity index (χ3v) is 7.58. The average Bonchev–Trinajstić information content (AvgIpc) is 3.52. The largest absolute Gasteiger partial charge is 0.387 e. The molecule has 2 aliphatic heterocycles. The number of amides is 2. The van der Waals surface area contributed by atoms with Crippen molar-refractivity contribution in [2.45, 2.75) is 45.1 Å². The highest BCUT2D eigenvalue weighted by Crippen LogP contribution is 2.35. The lowest BCUT2D eigenvalue weighted by Crippen LogP contribution is -2.40. The number of nitrogens with one attached hydrogen (secondary N) is 1. The Kier molecular flexibility index (Phi) is 6.51. The minimum atomic E-state index is -0.796. The van der Waals surface area contributed by atoms with Crippen molar-refractivity contribution in [3.63, 3.8) is 0 Å². The first-order valence-electron chi connectivity index (χ1n) is 11.6. The summed E-state index contributed by atoms with van der Waals surface area (Å²) >= 11 is 1.55. The van der Waals surface area contributed by atoms with Gasteiger partial charge in [0.15, 0.2) is 6.10 Å². The van der Waals surface area contributed by atoms with Crippen LogP contribution in [0.3, 0.4) is 0 Å². The van der Waals surface area contributed by atoms with Gasteiger partial charge in [-0.2, -0.15) is 0 Å². The lowest BCUT2D eigenvalue weighted by molar-refractivity contribution is 0.0800. The van der Waals surface area contributed by atoms with Crippen LogP contribution in [0.5, 0.6) is 0 Å². The number of aromatic nitrogens is 1. The fourth-order valence-corrected chi connectivity index (χ4v) is 5.50. The van der Waals surface area contributed by atoms with Crippen molar-refractivity contribution >= 4 is 28.8 Å². The van der Waals surface area contributed by atoms with Gasteiger partial charge in [-0.15, -0.1) is 11.3 Å². The molecule has 5 rings (SSSR count). The van der Waals surface area contributed by atoms with Crippen LogP contribution in [0.4, 0.5) is 19.3 Å². The van der Waals surface area contributed by atoms with Crippen LogP contribution in [-0.4, -0.2) is 34.7 Å². The van der Waals surface area contributed by atoms with Gasteiger partial charge in [0.25, 0.3) is 0 Å². The Balaban J connectivity index is 1.18. The average molecular weight is 497 g/mol. The number of likely N-dealkylation sites (tertiary alicyclic amines) is 1. The zero-order valence-electron chi connectivity index (χ0n) is 19.6. The van der Waals surface area contributed by atoms with E-state index in [4.69, 9.17) is 9.82 Å². The number of rotatable bonds is 4. The van der Waals surface area contributed by atoms with Crippen molar-refractivity contribution in [3.05, 3.63) is 80.8 Å². The summed E-state index contributed by atoms with van der Waals surface area (Å²) in [5.74, 6) is -1.03. The lowest BCUT2D eigenvalue weighted by Gasteiger charge is -2.31. The number of hydrogen-bond donors (Lipinski definition) is 1. The predicted molar refractivity (Wildman–Crippen MR) is 132 cm³/mol. The summed E-state index contributed by atoms with van der Waals surface area (Å²) in [6, 6.07) is 9.70. The van der Waals surface area contributed by atoms with E-state index in [1.54, 1.807) is 11.3 Å². The molecule has 1 fully saturated rings. The van der Waals surface area contributed by atoms with Gasteiger partial charge in [0, 0.05) is 36.5 Å². The van der Waals surface area contributed by atoms with Gasteiger partial charge in [-0.05, 0) is 56.0 Å². The number of carbonyl (C=O) groups excluding carboxylic acids is 1. The smallest absolute Gasteiger partial charge is 0.321 e. The molecular formula is C26H26F2N4O2S. The van der Waals surface area contributed by atoms with Gasteiger partial charge in [0.05, 0.1) is 16.3 Å². The number of halogens is 2. The van der Waals surface area contributed by atoms with E-state index in [0.717, 1.165) is 34.7 Å². The highest BCUT2D eigenvalue weighted by Gasteiger charge is 2.31. The molecule has 1 N–H and O–H groups in total. The Morgan fingerprint density at radius 3 is 2.63 bits per heavy atom. The molecule has 35 heavy (non-hydrogen) atoms.